The molecule has 0 aromatic carbocycles. The number of H-pyrrole nitrogens is 1. The van der Waals surface area contributed by atoms with Crippen LogP contribution in [-0.4, -0.2) is 30.9 Å². The van der Waals surface area contributed by atoms with Gasteiger partial charge in [0.25, 0.3) is 5.56 Å². The van der Waals surface area contributed by atoms with Crippen molar-refractivity contribution in [2.75, 3.05) is 11.5 Å². The van der Waals surface area contributed by atoms with Crippen LogP contribution < -0.4 is 10.3 Å². The molecule has 18 heavy (non-hydrogen) atoms. The van der Waals surface area contributed by atoms with Crippen LogP contribution in [0.25, 0.3) is 0 Å². The van der Waals surface area contributed by atoms with E-state index in [4.69, 9.17) is 11.6 Å². The molecule has 1 aromatic heterocycles. The summed E-state index contributed by atoms with van der Waals surface area (Å²) in [6.45, 7) is 3.79. The van der Waals surface area contributed by atoms with Gasteiger partial charge >= 0.3 is 0 Å². The van der Waals surface area contributed by atoms with Crippen molar-refractivity contribution in [3.8, 4) is 0 Å². The summed E-state index contributed by atoms with van der Waals surface area (Å²) in [6.07, 6.45) is 1.14. The quantitative estimate of drug-likeness (QED) is 0.833. The third kappa shape index (κ3) is 4.31. The second kappa shape index (κ2) is 6.60. The second-order valence-corrected chi connectivity index (χ2v) is 7.13. The largest absolute Gasteiger partial charge is 0.326 e. The molecule has 0 amide bonds. The number of sulfonamides is 1. The zero-order valence-corrected chi connectivity index (χ0v) is 12.5. The fourth-order valence-electron chi connectivity index (χ4n) is 1.25. The Kier molecular flexibility index (Phi) is 5.71. The Morgan fingerprint density at radius 2 is 2.22 bits per heavy atom. The maximum Gasteiger partial charge on any atom is 0.266 e. The van der Waals surface area contributed by atoms with Gasteiger partial charge < -0.3 is 4.98 Å². The summed E-state index contributed by atoms with van der Waals surface area (Å²) in [7, 11) is -3.65. The third-order valence-corrected chi connectivity index (χ3v) is 5.06. The SMILES string of the molecule is CCSCC(C)NS(=O)(=O)c1c[nH]c(=O)c(Cl)c1. The van der Waals surface area contributed by atoms with E-state index in [0.29, 0.717) is 5.75 Å². The average molecular weight is 311 g/mol. The van der Waals surface area contributed by atoms with Gasteiger partial charge in [0.2, 0.25) is 10.0 Å². The lowest BCUT2D eigenvalue weighted by Crippen LogP contribution is -2.34. The zero-order chi connectivity index (χ0) is 13.8. The maximum absolute atomic E-state index is 12.0. The summed E-state index contributed by atoms with van der Waals surface area (Å²) in [5, 5.41) is -0.145. The number of nitrogens with one attached hydrogen (secondary N) is 2. The molecule has 0 aliphatic heterocycles. The minimum atomic E-state index is -3.65. The normalized spacial score (nSPS) is 13.5. The van der Waals surface area contributed by atoms with Gasteiger partial charge in [-0.05, 0) is 18.7 Å². The molecule has 1 atom stereocenters. The average Bonchev–Trinajstić information content (AvgIpc) is 2.29. The van der Waals surface area contributed by atoms with Crippen LogP contribution in [0.3, 0.4) is 0 Å². The van der Waals surface area contributed by atoms with Crippen LogP contribution in [0.1, 0.15) is 13.8 Å². The molecule has 0 aliphatic carbocycles. The summed E-state index contributed by atoms with van der Waals surface area (Å²) in [4.78, 5) is 13.3. The number of hydrogen-bond acceptors (Lipinski definition) is 4. The molecule has 8 heteroatoms. The van der Waals surface area contributed by atoms with Crippen LogP contribution in [0.5, 0.6) is 0 Å². The predicted octanol–water partition coefficient (Wildman–Crippen LogP) is 1.45. The molecule has 102 valence electrons. The monoisotopic (exact) mass is 310 g/mol. The number of rotatable bonds is 6. The molecule has 0 saturated carbocycles. The molecular weight excluding hydrogens is 296 g/mol. The van der Waals surface area contributed by atoms with Crippen molar-refractivity contribution in [1.82, 2.24) is 9.71 Å². The van der Waals surface area contributed by atoms with Crippen LogP contribution in [0.4, 0.5) is 0 Å². The number of halogens is 1. The van der Waals surface area contributed by atoms with Crippen molar-refractivity contribution in [3.05, 3.63) is 27.6 Å². The van der Waals surface area contributed by atoms with Gasteiger partial charge in [-0.3, -0.25) is 4.79 Å². The number of aromatic nitrogens is 1. The standard InChI is InChI=1S/C10H15ClN2O3S2/c1-3-17-6-7(2)13-18(15,16)8-4-9(11)10(14)12-5-8/h4-5,7,13H,3,6H2,1-2H3,(H,12,14). The van der Waals surface area contributed by atoms with Gasteiger partial charge in [0.1, 0.15) is 5.02 Å². The first-order valence-electron chi connectivity index (χ1n) is 5.35. The van der Waals surface area contributed by atoms with E-state index in [1.807, 2.05) is 6.92 Å². The van der Waals surface area contributed by atoms with Gasteiger partial charge in [0, 0.05) is 18.0 Å². The molecule has 0 radical (unpaired) electrons. The molecule has 1 heterocycles. The molecule has 1 aromatic rings. The Morgan fingerprint density at radius 3 is 2.78 bits per heavy atom. The maximum atomic E-state index is 12.0. The minimum Gasteiger partial charge on any atom is -0.326 e. The van der Waals surface area contributed by atoms with Gasteiger partial charge in [-0.25, -0.2) is 13.1 Å². The van der Waals surface area contributed by atoms with Gasteiger partial charge in [0.05, 0.1) is 4.90 Å². The van der Waals surface area contributed by atoms with Crippen LogP contribution in [0, 0.1) is 0 Å². The van der Waals surface area contributed by atoms with Crippen LogP contribution in [0.15, 0.2) is 22.0 Å². The Balaban J connectivity index is 2.86. The highest BCUT2D eigenvalue weighted by molar-refractivity contribution is 7.99. The van der Waals surface area contributed by atoms with Crippen LogP contribution >= 0.6 is 23.4 Å². The fraction of sp³-hybridized carbons (Fsp3) is 0.500. The van der Waals surface area contributed by atoms with Crippen molar-refractivity contribution in [2.24, 2.45) is 0 Å². The Morgan fingerprint density at radius 1 is 1.56 bits per heavy atom. The lowest BCUT2D eigenvalue weighted by atomic mass is 10.4. The molecule has 0 spiro atoms. The Bertz CT molecular complexity index is 556. The van der Waals surface area contributed by atoms with Crippen molar-refractivity contribution in [2.45, 2.75) is 24.8 Å². The number of thioether (sulfide) groups is 1. The van der Waals surface area contributed by atoms with Crippen molar-refractivity contribution < 1.29 is 8.42 Å². The summed E-state index contributed by atoms with van der Waals surface area (Å²) in [6, 6.07) is 0.952. The lowest BCUT2D eigenvalue weighted by molar-refractivity contribution is 0.570. The second-order valence-electron chi connectivity index (χ2n) is 3.69. The van der Waals surface area contributed by atoms with Crippen LogP contribution in [0.2, 0.25) is 5.02 Å². The summed E-state index contributed by atoms with van der Waals surface area (Å²) in [5.74, 6) is 1.61. The topological polar surface area (TPSA) is 79.0 Å². The molecular formula is C10H15ClN2O3S2. The molecule has 1 unspecified atom stereocenters. The molecule has 0 aliphatic rings. The van der Waals surface area contributed by atoms with Gasteiger partial charge in [-0.15, -0.1) is 0 Å². The van der Waals surface area contributed by atoms with Crippen molar-refractivity contribution >= 4 is 33.4 Å². The van der Waals surface area contributed by atoms with Crippen LogP contribution in [-0.2, 0) is 10.0 Å². The van der Waals surface area contributed by atoms with Gasteiger partial charge in [0.15, 0.2) is 0 Å². The van der Waals surface area contributed by atoms with Crippen molar-refractivity contribution in [3.63, 3.8) is 0 Å². The minimum absolute atomic E-state index is 0.0413. The number of hydrogen-bond donors (Lipinski definition) is 2. The van der Waals surface area contributed by atoms with Gasteiger partial charge in [-0.1, -0.05) is 18.5 Å². The molecule has 0 bridgehead atoms. The molecule has 5 nitrogen and oxygen atoms in total. The highest BCUT2D eigenvalue weighted by atomic mass is 35.5. The Hall–Kier alpha value is -0.500. The lowest BCUT2D eigenvalue weighted by Gasteiger charge is -2.13. The van der Waals surface area contributed by atoms with E-state index in [1.165, 1.54) is 0 Å². The fourth-order valence-corrected chi connectivity index (χ4v) is 3.51. The smallest absolute Gasteiger partial charge is 0.266 e. The van der Waals surface area contributed by atoms with E-state index in [0.717, 1.165) is 18.0 Å². The van der Waals surface area contributed by atoms with Gasteiger partial charge in [-0.2, -0.15) is 11.8 Å². The first-order chi connectivity index (χ1) is 8.36. The molecule has 2 N–H and O–H groups in total. The predicted molar refractivity (Wildman–Crippen MR) is 74.9 cm³/mol. The third-order valence-electron chi connectivity index (χ3n) is 2.07. The molecule has 0 fully saturated rings. The number of aromatic amines is 1. The molecule has 0 saturated heterocycles. The first-order valence-corrected chi connectivity index (χ1v) is 8.36. The highest BCUT2D eigenvalue weighted by Crippen LogP contribution is 2.12. The van der Waals surface area contributed by atoms with Crippen molar-refractivity contribution in [1.29, 1.82) is 0 Å². The van der Waals surface area contributed by atoms with E-state index in [-0.39, 0.29) is 16.0 Å². The van der Waals surface area contributed by atoms with E-state index < -0.39 is 15.6 Å². The Labute approximate surface area is 115 Å². The number of pyridine rings is 1. The zero-order valence-electron chi connectivity index (χ0n) is 10.1. The summed E-state index contributed by atoms with van der Waals surface area (Å²) >= 11 is 7.25. The van der Waals surface area contributed by atoms with E-state index in [1.54, 1.807) is 18.7 Å². The van der Waals surface area contributed by atoms with E-state index in [2.05, 4.69) is 9.71 Å². The summed E-state index contributed by atoms with van der Waals surface area (Å²) in [5.41, 5.74) is -0.509. The van der Waals surface area contributed by atoms with E-state index >= 15 is 0 Å². The highest BCUT2D eigenvalue weighted by Gasteiger charge is 2.18. The van der Waals surface area contributed by atoms with E-state index in [9.17, 15) is 13.2 Å². The summed E-state index contributed by atoms with van der Waals surface area (Å²) < 4.78 is 26.5. The molecule has 1 rings (SSSR count). The first kappa shape index (κ1) is 15.6.